The van der Waals surface area contributed by atoms with Gasteiger partial charge in [-0.05, 0) is 25.2 Å². The van der Waals surface area contributed by atoms with Crippen LogP contribution in [0.25, 0.3) is 0 Å². The molecule has 2 rings (SSSR count). The SMILES string of the molecule is CNc1nc(C)c([N+](=O)[O-])c(NCC2(C)CCOCC2)n1. The van der Waals surface area contributed by atoms with Crippen LogP contribution in [0.5, 0.6) is 0 Å². The summed E-state index contributed by atoms with van der Waals surface area (Å²) in [6.45, 7) is 5.84. The summed E-state index contributed by atoms with van der Waals surface area (Å²) in [6, 6.07) is 0. The molecule has 1 aromatic heterocycles. The van der Waals surface area contributed by atoms with Crippen LogP contribution in [0.3, 0.4) is 0 Å². The van der Waals surface area contributed by atoms with Crippen LogP contribution < -0.4 is 10.6 Å². The Bertz CT molecular complexity index is 529. The van der Waals surface area contributed by atoms with E-state index in [4.69, 9.17) is 4.74 Å². The lowest BCUT2D eigenvalue weighted by atomic mass is 9.82. The summed E-state index contributed by atoms with van der Waals surface area (Å²) < 4.78 is 5.36. The first-order valence-corrected chi connectivity index (χ1v) is 6.97. The first-order valence-electron chi connectivity index (χ1n) is 6.97. The number of rotatable bonds is 5. The molecule has 0 radical (unpaired) electrons. The molecule has 0 unspecified atom stereocenters. The van der Waals surface area contributed by atoms with E-state index in [2.05, 4.69) is 27.5 Å². The summed E-state index contributed by atoms with van der Waals surface area (Å²) in [6.07, 6.45) is 1.85. The second-order valence-electron chi connectivity index (χ2n) is 5.61. The van der Waals surface area contributed by atoms with E-state index >= 15 is 0 Å². The molecule has 0 bridgehead atoms. The van der Waals surface area contributed by atoms with Gasteiger partial charge in [0.25, 0.3) is 0 Å². The monoisotopic (exact) mass is 295 g/mol. The molecule has 0 atom stereocenters. The van der Waals surface area contributed by atoms with Crippen molar-refractivity contribution in [1.29, 1.82) is 0 Å². The molecule has 8 nitrogen and oxygen atoms in total. The first-order chi connectivity index (χ1) is 9.95. The maximum absolute atomic E-state index is 11.2. The number of nitrogens with zero attached hydrogens (tertiary/aromatic N) is 3. The third-order valence-corrected chi connectivity index (χ3v) is 3.85. The van der Waals surface area contributed by atoms with Crippen molar-refractivity contribution in [2.75, 3.05) is 37.4 Å². The largest absolute Gasteiger partial charge is 0.381 e. The molecule has 1 fully saturated rings. The van der Waals surface area contributed by atoms with Gasteiger partial charge in [-0.2, -0.15) is 4.98 Å². The highest BCUT2D eigenvalue weighted by Crippen LogP contribution is 2.32. The molecule has 0 amide bonds. The molecular formula is C13H21N5O3. The second kappa shape index (κ2) is 6.21. The van der Waals surface area contributed by atoms with Crippen LogP contribution in [0.4, 0.5) is 17.5 Å². The normalized spacial score (nSPS) is 17.3. The van der Waals surface area contributed by atoms with Crippen LogP contribution in [0.1, 0.15) is 25.5 Å². The van der Waals surface area contributed by atoms with Crippen LogP contribution >= 0.6 is 0 Å². The summed E-state index contributed by atoms with van der Waals surface area (Å²) in [4.78, 5) is 19.0. The van der Waals surface area contributed by atoms with Crippen LogP contribution in [0.2, 0.25) is 0 Å². The highest BCUT2D eigenvalue weighted by atomic mass is 16.6. The fourth-order valence-corrected chi connectivity index (χ4v) is 2.36. The summed E-state index contributed by atoms with van der Waals surface area (Å²) in [5, 5.41) is 17.2. The van der Waals surface area contributed by atoms with Gasteiger partial charge in [0.1, 0.15) is 5.69 Å². The van der Waals surface area contributed by atoms with Gasteiger partial charge < -0.3 is 15.4 Å². The third kappa shape index (κ3) is 3.57. The second-order valence-corrected chi connectivity index (χ2v) is 5.61. The van der Waals surface area contributed by atoms with Crippen LogP contribution in [-0.2, 0) is 4.74 Å². The molecule has 0 aliphatic carbocycles. The van der Waals surface area contributed by atoms with E-state index < -0.39 is 4.92 Å². The minimum atomic E-state index is -0.441. The molecule has 2 N–H and O–H groups in total. The number of aromatic nitrogens is 2. The Hall–Kier alpha value is -1.96. The van der Waals surface area contributed by atoms with Crippen molar-refractivity contribution in [1.82, 2.24) is 9.97 Å². The molecule has 116 valence electrons. The molecule has 2 heterocycles. The highest BCUT2D eigenvalue weighted by Gasteiger charge is 2.29. The Morgan fingerprint density at radius 1 is 1.38 bits per heavy atom. The average molecular weight is 295 g/mol. The zero-order chi connectivity index (χ0) is 15.5. The summed E-state index contributed by atoms with van der Waals surface area (Å²) in [5.74, 6) is 0.641. The Balaban J connectivity index is 2.21. The predicted octanol–water partition coefficient (Wildman–Crippen LogP) is 1.96. The molecule has 1 aliphatic rings. The van der Waals surface area contributed by atoms with Crippen molar-refractivity contribution in [3.05, 3.63) is 15.8 Å². The number of nitro groups is 1. The zero-order valence-electron chi connectivity index (χ0n) is 12.6. The molecule has 8 heteroatoms. The maximum Gasteiger partial charge on any atom is 0.332 e. The molecule has 0 spiro atoms. The van der Waals surface area contributed by atoms with Crippen molar-refractivity contribution in [3.63, 3.8) is 0 Å². The van der Waals surface area contributed by atoms with Crippen molar-refractivity contribution < 1.29 is 9.66 Å². The lowest BCUT2D eigenvalue weighted by Crippen LogP contribution is -2.33. The number of nitrogens with one attached hydrogen (secondary N) is 2. The van der Waals surface area contributed by atoms with Crippen molar-refractivity contribution in [2.24, 2.45) is 5.41 Å². The number of hydrogen-bond acceptors (Lipinski definition) is 7. The Labute approximate surface area is 123 Å². The quantitative estimate of drug-likeness (QED) is 0.632. The lowest BCUT2D eigenvalue weighted by Gasteiger charge is -2.33. The van der Waals surface area contributed by atoms with Gasteiger partial charge in [0, 0.05) is 26.8 Å². The first kappa shape index (κ1) is 15.4. The number of aryl methyl sites for hydroxylation is 1. The Morgan fingerprint density at radius 2 is 2.05 bits per heavy atom. The molecule has 0 aromatic carbocycles. The zero-order valence-corrected chi connectivity index (χ0v) is 12.6. The Kier molecular flexibility index (Phi) is 4.56. The van der Waals surface area contributed by atoms with Gasteiger partial charge in [-0.1, -0.05) is 6.92 Å². The summed E-state index contributed by atoms with van der Waals surface area (Å²) >= 11 is 0. The molecule has 21 heavy (non-hydrogen) atoms. The number of anilines is 2. The summed E-state index contributed by atoms with van der Waals surface area (Å²) in [7, 11) is 1.68. The Morgan fingerprint density at radius 3 is 2.62 bits per heavy atom. The average Bonchev–Trinajstić information content (AvgIpc) is 2.45. The van der Waals surface area contributed by atoms with Gasteiger partial charge >= 0.3 is 5.69 Å². The highest BCUT2D eigenvalue weighted by molar-refractivity contribution is 5.60. The van der Waals surface area contributed by atoms with E-state index in [9.17, 15) is 10.1 Å². The molecule has 1 aliphatic heterocycles. The smallest absolute Gasteiger partial charge is 0.332 e. The van der Waals surface area contributed by atoms with Crippen molar-refractivity contribution >= 4 is 17.5 Å². The van der Waals surface area contributed by atoms with Crippen LogP contribution in [0.15, 0.2) is 0 Å². The molecule has 0 saturated carbocycles. The maximum atomic E-state index is 11.2. The van der Waals surface area contributed by atoms with E-state index in [-0.39, 0.29) is 16.9 Å². The van der Waals surface area contributed by atoms with E-state index in [1.54, 1.807) is 14.0 Å². The lowest BCUT2D eigenvalue weighted by molar-refractivity contribution is -0.385. The van der Waals surface area contributed by atoms with Gasteiger partial charge in [0.05, 0.1) is 4.92 Å². The fourth-order valence-electron chi connectivity index (χ4n) is 2.36. The number of hydrogen-bond donors (Lipinski definition) is 2. The number of ether oxygens (including phenoxy) is 1. The molecule has 1 saturated heterocycles. The van der Waals surface area contributed by atoms with Gasteiger partial charge in [-0.3, -0.25) is 10.1 Å². The van der Waals surface area contributed by atoms with Gasteiger partial charge in [-0.15, -0.1) is 0 Å². The minimum absolute atomic E-state index is 0.0603. The minimum Gasteiger partial charge on any atom is -0.381 e. The standard InChI is InChI=1S/C13H21N5O3/c1-9-10(18(19)20)11(17-12(14-3)16-9)15-8-13(2)4-6-21-7-5-13/h4-8H2,1-3H3,(H2,14,15,16,17). The summed E-state index contributed by atoms with van der Waals surface area (Å²) in [5.41, 5.74) is 0.341. The van der Waals surface area contributed by atoms with E-state index in [1.165, 1.54) is 0 Å². The van der Waals surface area contributed by atoms with Gasteiger partial charge in [-0.25, -0.2) is 4.98 Å². The topological polar surface area (TPSA) is 102 Å². The van der Waals surface area contributed by atoms with Crippen LogP contribution in [-0.4, -0.2) is 41.7 Å². The molecule has 1 aromatic rings. The van der Waals surface area contributed by atoms with Crippen LogP contribution in [0, 0.1) is 22.5 Å². The van der Waals surface area contributed by atoms with Gasteiger partial charge in [0.15, 0.2) is 0 Å². The van der Waals surface area contributed by atoms with Crippen molar-refractivity contribution in [3.8, 4) is 0 Å². The van der Waals surface area contributed by atoms with E-state index in [0.717, 1.165) is 26.1 Å². The predicted molar refractivity (Wildman–Crippen MR) is 79.6 cm³/mol. The van der Waals surface area contributed by atoms with E-state index in [1.807, 2.05) is 0 Å². The van der Waals surface area contributed by atoms with Crippen molar-refractivity contribution in [2.45, 2.75) is 26.7 Å². The molecular weight excluding hydrogens is 274 g/mol. The fraction of sp³-hybridized carbons (Fsp3) is 0.692. The third-order valence-electron chi connectivity index (χ3n) is 3.85. The van der Waals surface area contributed by atoms with E-state index in [0.29, 0.717) is 18.2 Å². The van der Waals surface area contributed by atoms with Gasteiger partial charge in [0.2, 0.25) is 11.8 Å².